The minimum atomic E-state index is -0.215. The lowest BCUT2D eigenvalue weighted by Gasteiger charge is -2.02. The Bertz CT molecular complexity index is 1040. The van der Waals surface area contributed by atoms with Crippen LogP contribution in [-0.2, 0) is 5.75 Å². The molecule has 0 unspecified atom stereocenters. The summed E-state index contributed by atoms with van der Waals surface area (Å²) in [5, 5.41) is 5.95. The number of amides is 1. The van der Waals surface area contributed by atoms with Gasteiger partial charge in [0.25, 0.3) is 5.91 Å². The number of nitrogens with zero attached hydrogens (tertiary/aromatic N) is 2. The van der Waals surface area contributed by atoms with Crippen molar-refractivity contribution in [3.63, 3.8) is 0 Å². The van der Waals surface area contributed by atoms with Crippen LogP contribution in [0.3, 0.4) is 0 Å². The zero-order chi connectivity index (χ0) is 18.5. The normalized spacial score (nSPS) is 11.3. The van der Waals surface area contributed by atoms with Crippen LogP contribution in [0, 0.1) is 0 Å². The van der Waals surface area contributed by atoms with Gasteiger partial charge in [-0.1, -0.05) is 42.1 Å². The van der Waals surface area contributed by atoms with E-state index in [1.54, 1.807) is 40.7 Å². The Balaban J connectivity index is 1.33. The molecule has 0 saturated heterocycles. The van der Waals surface area contributed by atoms with Gasteiger partial charge >= 0.3 is 0 Å². The van der Waals surface area contributed by atoms with Gasteiger partial charge in [0.15, 0.2) is 4.34 Å². The van der Waals surface area contributed by atoms with E-state index >= 15 is 0 Å². The molecule has 0 saturated carbocycles. The van der Waals surface area contributed by atoms with Gasteiger partial charge in [0.1, 0.15) is 0 Å². The number of fused-ring (bicyclic) bond motifs is 1. The molecule has 2 aromatic heterocycles. The fraction of sp³-hybridized carbons (Fsp3) is 0.0500. The van der Waals surface area contributed by atoms with Gasteiger partial charge in [-0.25, -0.2) is 10.4 Å². The summed E-state index contributed by atoms with van der Waals surface area (Å²) in [4.78, 5) is 17.8. The summed E-state index contributed by atoms with van der Waals surface area (Å²) < 4.78 is 2.26. The standard InChI is InChI=1S/C20H15N3OS3/c24-19(23-21-12-16-4-3-11-25-16)15-9-7-14(8-10-15)13-26-20-22-17-5-1-2-6-18(17)27-20/h1-12H,13H2,(H,23,24). The van der Waals surface area contributed by atoms with Crippen molar-refractivity contribution in [3.8, 4) is 0 Å². The van der Waals surface area contributed by atoms with E-state index in [-0.39, 0.29) is 5.91 Å². The first kappa shape index (κ1) is 17.9. The van der Waals surface area contributed by atoms with Crippen molar-refractivity contribution < 1.29 is 4.79 Å². The lowest BCUT2D eigenvalue weighted by Crippen LogP contribution is -2.17. The number of hydrazone groups is 1. The van der Waals surface area contributed by atoms with Crippen molar-refractivity contribution >= 4 is 56.8 Å². The van der Waals surface area contributed by atoms with Crippen LogP contribution in [0.25, 0.3) is 10.2 Å². The van der Waals surface area contributed by atoms with Crippen LogP contribution in [0.1, 0.15) is 20.8 Å². The summed E-state index contributed by atoms with van der Waals surface area (Å²) in [7, 11) is 0. The SMILES string of the molecule is O=C(NN=Cc1cccs1)c1ccc(CSc2nc3ccccc3s2)cc1. The third kappa shape index (κ3) is 4.63. The number of aromatic nitrogens is 1. The van der Waals surface area contributed by atoms with E-state index in [0.717, 1.165) is 26.0 Å². The Kier molecular flexibility index (Phi) is 5.62. The van der Waals surface area contributed by atoms with Crippen molar-refractivity contribution in [2.45, 2.75) is 10.1 Å². The maximum atomic E-state index is 12.1. The number of thiazole rings is 1. The van der Waals surface area contributed by atoms with E-state index < -0.39 is 0 Å². The van der Waals surface area contributed by atoms with Crippen LogP contribution >= 0.6 is 34.4 Å². The van der Waals surface area contributed by atoms with Crippen molar-refractivity contribution in [2.24, 2.45) is 5.10 Å². The molecule has 0 fully saturated rings. The average Bonchev–Trinajstić information content (AvgIpc) is 3.36. The van der Waals surface area contributed by atoms with Gasteiger partial charge in [0.05, 0.1) is 16.4 Å². The lowest BCUT2D eigenvalue weighted by molar-refractivity contribution is 0.0955. The molecule has 0 aliphatic heterocycles. The van der Waals surface area contributed by atoms with Crippen LogP contribution in [0.5, 0.6) is 0 Å². The van der Waals surface area contributed by atoms with Crippen molar-refractivity contribution in [2.75, 3.05) is 0 Å². The Morgan fingerprint density at radius 1 is 1.11 bits per heavy atom. The molecule has 0 atom stereocenters. The van der Waals surface area contributed by atoms with Gasteiger partial charge in [-0.3, -0.25) is 4.79 Å². The second kappa shape index (κ2) is 8.47. The van der Waals surface area contributed by atoms with E-state index in [4.69, 9.17) is 0 Å². The highest BCUT2D eigenvalue weighted by Gasteiger charge is 2.06. The number of hydrogen-bond acceptors (Lipinski definition) is 6. The van der Waals surface area contributed by atoms with Gasteiger partial charge in [0, 0.05) is 16.2 Å². The fourth-order valence-electron chi connectivity index (χ4n) is 2.39. The lowest BCUT2D eigenvalue weighted by atomic mass is 10.1. The number of carbonyl (C=O) groups excluding carboxylic acids is 1. The molecular formula is C20H15N3OS3. The maximum absolute atomic E-state index is 12.1. The maximum Gasteiger partial charge on any atom is 0.271 e. The predicted octanol–water partition coefficient (Wildman–Crippen LogP) is 5.41. The molecule has 2 heterocycles. The number of carbonyl (C=O) groups is 1. The summed E-state index contributed by atoms with van der Waals surface area (Å²) in [6.07, 6.45) is 1.64. The van der Waals surface area contributed by atoms with E-state index in [0.29, 0.717) is 5.56 Å². The number of thioether (sulfide) groups is 1. The molecular weight excluding hydrogens is 394 g/mol. The largest absolute Gasteiger partial charge is 0.271 e. The molecule has 0 spiro atoms. The quantitative estimate of drug-likeness (QED) is 0.263. The molecule has 4 rings (SSSR count). The Morgan fingerprint density at radius 3 is 2.74 bits per heavy atom. The van der Waals surface area contributed by atoms with Crippen molar-refractivity contribution in [3.05, 3.63) is 82.0 Å². The van der Waals surface area contributed by atoms with E-state index in [9.17, 15) is 4.79 Å². The first-order valence-corrected chi connectivity index (χ1v) is 10.9. The summed E-state index contributed by atoms with van der Waals surface area (Å²) in [5.41, 5.74) is 5.34. The van der Waals surface area contributed by atoms with E-state index in [1.165, 1.54) is 4.70 Å². The molecule has 27 heavy (non-hydrogen) atoms. The summed E-state index contributed by atoms with van der Waals surface area (Å²) in [6.45, 7) is 0. The third-order valence-electron chi connectivity index (χ3n) is 3.75. The van der Waals surface area contributed by atoms with E-state index in [2.05, 4.69) is 21.6 Å². The second-order valence-corrected chi connectivity index (χ2v) is 8.88. The van der Waals surface area contributed by atoms with Gasteiger partial charge in [0.2, 0.25) is 0 Å². The number of rotatable bonds is 6. The fourth-order valence-corrected chi connectivity index (χ4v) is 5.00. The van der Waals surface area contributed by atoms with E-state index in [1.807, 2.05) is 60.0 Å². The van der Waals surface area contributed by atoms with Crippen LogP contribution in [0.15, 0.2) is 75.5 Å². The average molecular weight is 410 g/mol. The van der Waals surface area contributed by atoms with Gasteiger partial charge in [-0.15, -0.1) is 22.7 Å². The zero-order valence-electron chi connectivity index (χ0n) is 14.2. The predicted molar refractivity (Wildman–Crippen MR) is 115 cm³/mol. The molecule has 0 bridgehead atoms. The third-order valence-corrected chi connectivity index (χ3v) is 6.81. The highest BCUT2D eigenvalue weighted by atomic mass is 32.2. The summed E-state index contributed by atoms with van der Waals surface area (Å²) >= 11 is 4.99. The molecule has 134 valence electrons. The minimum Gasteiger partial charge on any atom is -0.267 e. The Hall–Kier alpha value is -2.48. The van der Waals surface area contributed by atoms with Gasteiger partial charge in [-0.2, -0.15) is 5.10 Å². The molecule has 4 nitrogen and oxygen atoms in total. The highest BCUT2D eigenvalue weighted by molar-refractivity contribution is 8.00. The minimum absolute atomic E-state index is 0.215. The van der Waals surface area contributed by atoms with Gasteiger partial charge in [-0.05, 0) is 41.3 Å². The zero-order valence-corrected chi connectivity index (χ0v) is 16.6. The molecule has 1 amide bonds. The van der Waals surface area contributed by atoms with Crippen molar-refractivity contribution in [1.29, 1.82) is 0 Å². The molecule has 1 N–H and O–H groups in total. The number of benzene rings is 2. The van der Waals surface area contributed by atoms with Crippen LogP contribution < -0.4 is 5.43 Å². The highest BCUT2D eigenvalue weighted by Crippen LogP contribution is 2.31. The van der Waals surface area contributed by atoms with Crippen LogP contribution in [0.4, 0.5) is 0 Å². The van der Waals surface area contributed by atoms with Crippen LogP contribution in [-0.4, -0.2) is 17.1 Å². The number of nitrogens with one attached hydrogen (secondary N) is 1. The summed E-state index contributed by atoms with van der Waals surface area (Å²) in [5.74, 6) is 0.603. The number of para-hydroxylation sites is 1. The first-order chi connectivity index (χ1) is 13.3. The first-order valence-electron chi connectivity index (χ1n) is 8.22. The molecule has 0 aliphatic carbocycles. The number of hydrogen-bond donors (Lipinski definition) is 1. The Morgan fingerprint density at radius 2 is 1.96 bits per heavy atom. The van der Waals surface area contributed by atoms with Crippen molar-refractivity contribution in [1.82, 2.24) is 10.4 Å². The molecule has 4 aromatic rings. The smallest absolute Gasteiger partial charge is 0.267 e. The summed E-state index contributed by atoms with van der Waals surface area (Å²) in [6, 6.07) is 19.6. The second-order valence-electron chi connectivity index (χ2n) is 5.65. The number of thiophene rings is 1. The molecule has 0 aliphatic rings. The van der Waals surface area contributed by atoms with Crippen LogP contribution in [0.2, 0.25) is 0 Å². The molecule has 0 radical (unpaired) electrons. The topological polar surface area (TPSA) is 54.4 Å². The Labute approximate surface area is 169 Å². The monoisotopic (exact) mass is 409 g/mol. The molecule has 2 aromatic carbocycles. The van der Waals surface area contributed by atoms with Gasteiger partial charge < -0.3 is 0 Å². The molecule has 7 heteroatoms.